The third-order valence-electron chi connectivity index (χ3n) is 3.56. The predicted octanol–water partition coefficient (Wildman–Crippen LogP) is 3.99. The molecule has 0 bridgehead atoms. The van der Waals surface area contributed by atoms with Gasteiger partial charge in [-0.3, -0.25) is 9.71 Å². The molecule has 0 spiro atoms. The minimum Gasteiger partial charge on any atom is -0.486 e. The van der Waals surface area contributed by atoms with Crippen LogP contribution >= 0.6 is 11.6 Å². The fraction of sp³-hybridized carbons (Fsp3) is 0.0526. The smallest absolute Gasteiger partial charge is 0.261 e. The molecule has 3 aromatic rings. The van der Waals surface area contributed by atoms with Crippen LogP contribution in [0.3, 0.4) is 0 Å². The van der Waals surface area contributed by atoms with Crippen molar-refractivity contribution in [1.82, 2.24) is 4.98 Å². The van der Waals surface area contributed by atoms with Gasteiger partial charge in [0.1, 0.15) is 12.4 Å². The Morgan fingerprint density at radius 1 is 1.11 bits per heavy atom. The highest BCUT2D eigenvalue weighted by Crippen LogP contribution is 2.29. The summed E-state index contributed by atoms with van der Waals surface area (Å²) in [5.41, 5.74) is 1.29. The van der Waals surface area contributed by atoms with Crippen molar-refractivity contribution in [3.63, 3.8) is 0 Å². The summed E-state index contributed by atoms with van der Waals surface area (Å²) in [5, 5.41) is 9.18. The van der Waals surface area contributed by atoms with Gasteiger partial charge in [-0.25, -0.2) is 8.42 Å². The number of rotatable bonds is 6. The number of nitriles is 1. The molecule has 0 saturated carbocycles. The first kappa shape index (κ1) is 18.7. The van der Waals surface area contributed by atoms with E-state index in [0.717, 1.165) is 5.69 Å². The fourth-order valence-electron chi connectivity index (χ4n) is 2.26. The lowest BCUT2D eigenvalue weighted by Gasteiger charge is -2.11. The van der Waals surface area contributed by atoms with Crippen LogP contribution in [0.5, 0.6) is 5.75 Å². The molecule has 8 heteroatoms. The number of halogens is 1. The number of aromatic nitrogens is 1. The van der Waals surface area contributed by atoms with Gasteiger partial charge in [-0.05, 0) is 48.5 Å². The number of nitrogens with zero attached hydrogens (tertiary/aromatic N) is 2. The summed E-state index contributed by atoms with van der Waals surface area (Å²) in [6.45, 7) is 0.243. The van der Waals surface area contributed by atoms with E-state index in [1.807, 2.05) is 24.3 Å². The summed E-state index contributed by atoms with van der Waals surface area (Å²) in [7, 11) is -3.84. The first-order chi connectivity index (χ1) is 13.0. The molecule has 3 rings (SSSR count). The van der Waals surface area contributed by atoms with Gasteiger partial charge in [0, 0.05) is 6.20 Å². The number of anilines is 1. The number of benzene rings is 2. The van der Waals surface area contributed by atoms with Crippen LogP contribution in [0, 0.1) is 11.3 Å². The Morgan fingerprint density at radius 2 is 1.96 bits per heavy atom. The van der Waals surface area contributed by atoms with E-state index in [0.29, 0.717) is 5.75 Å². The summed E-state index contributed by atoms with van der Waals surface area (Å²) in [4.78, 5) is 4.15. The molecule has 6 nitrogen and oxygen atoms in total. The minimum atomic E-state index is -3.84. The summed E-state index contributed by atoms with van der Waals surface area (Å²) in [5.74, 6) is 0.414. The quantitative estimate of drug-likeness (QED) is 0.676. The molecule has 0 saturated heterocycles. The first-order valence-electron chi connectivity index (χ1n) is 7.83. The van der Waals surface area contributed by atoms with Gasteiger partial charge in [0.2, 0.25) is 0 Å². The maximum atomic E-state index is 12.5. The van der Waals surface area contributed by atoms with Gasteiger partial charge < -0.3 is 4.74 Å². The second kappa shape index (κ2) is 8.08. The molecule has 0 aliphatic carbocycles. The molecule has 27 heavy (non-hydrogen) atoms. The maximum Gasteiger partial charge on any atom is 0.261 e. The molecule has 0 unspecified atom stereocenters. The van der Waals surface area contributed by atoms with Crippen molar-refractivity contribution < 1.29 is 13.2 Å². The highest BCUT2D eigenvalue weighted by molar-refractivity contribution is 7.92. The lowest BCUT2D eigenvalue weighted by molar-refractivity contribution is 0.301. The molecule has 1 aromatic heterocycles. The van der Waals surface area contributed by atoms with E-state index in [-0.39, 0.29) is 27.8 Å². The average molecular weight is 400 g/mol. The zero-order valence-corrected chi connectivity index (χ0v) is 15.5. The molecule has 0 aliphatic rings. The molecule has 0 radical (unpaired) electrons. The van der Waals surface area contributed by atoms with Crippen molar-refractivity contribution in [2.45, 2.75) is 11.5 Å². The van der Waals surface area contributed by atoms with Crippen molar-refractivity contribution in [1.29, 1.82) is 5.26 Å². The molecular weight excluding hydrogens is 386 g/mol. The standard InChI is InChI=1S/C19H14ClN3O3S/c20-18-11-15(7-8-19(18)26-13-16-5-1-2-9-22-16)23-27(24,25)17-6-3-4-14(10-17)12-21/h1-11,23H,13H2. The third-order valence-corrected chi connectivity index (χ3v) is 5.23. The summed E-state index contributed by atoms with van der Waals surface area (Å²) < 4.78 is 33.0. The van der Waals surface area contributed by atoms with Gasteiger partial charge in [-0.2, -0.15) is 5.26 Å². The Balaban J connectivity index is 1.74. The highest BCUT2D eigenvalue weighted by atomic mass is 35.5. The van der Waals surface area contributed by atoms with Crippen LogP contribution < -0.4 is 9.46 Å². The largest absolute Gasteiger partial charge is 0.486 e. The van der Waals surface area contributed by atoms with Gasteiger partial charge in [0.15, 0.2) is 0 Å². The summed E-state index contributed by atoms with van der Waals surface area (Å²) in [6, 6.07) is 17.7. The Bertz CT molecular complexity index is 1100. The van der Waals surface area contributed by atoms with Gasteiger partial charge in [0.05, 0.1) is 32.9 Å². The zero-order valence-electron chi connectivity index (χ0n) is 14.0. The van der Waals surface area contributed by atoms with Crippen molar-refractivity contribution >= 4 is 27.3 Å². The van der Waals surface area contributed by atoms with Crippen LogP contribution in [0.15, 0.2) is 71.8 Å². The molecule has 136 valence electrons. The van der Waals surface area contributed by atoms with Gasteiger partial charge in [0.25, 0.3) is 10.0 Å². The molecule has 1 N–H and O–H groups in total. The van der Waals surface area contributed by atoms with E-state index in [1.165, 1.54) is 30.3 Å². The van der Waals surface area contributed by atoms with Gasteiger partial charge >= 0.3 is 0 Å². The van der Waals surface area contributed by atoms with E-state index < -0.39 is 10.0 Å². The first-order valence-corrected chi connectivity index (χ1v) is 9.69. The lowest BCUT2D eigenvalue weighted by atomic mass is 10.2. The molecule has 1 heterocycles. The van der Waals surface area contributed by atoms with Crippen LogP contribution in [0.1, 0.15) is 11.3 Å². The lowest BCUT2D eigenvalue weighted by Crippen LogP contribution is -2.13. The number of sulfonamides is 1. The van der Waals surface area contributed by atoms with Crippen molar-refractivity contribution in [3.8, 4) is 11.8 Å². The van der Waals surface area contributed by atoms with Crippen LogP contribution in [-0.4, -0.2) is 13.4 Å². The number of nitrogens with one attached hydrogen (secondary N) is 1. The molecule has 0 fully saturated rings. The van der Waals surface area contributed by atoms with E-state index in [4.69, 9.17) is 21.6 Å². The normalized spacial score (nSPS) is 10.8. The molecule has 2 aromatic carbocycles. The SMILES string of the molecule is N#Cc1cccc(S(=O)(=O)Nc2ccc(OCc3ccccn3)c(Cl)c2)c1. The number of hydrogen-bond acceptors (Lipinski definition) is 5. The predicted molar refractivity (Wildman–Crippen MR) is 102 cm³/mol. The minimum absolute atomic E-state index is 0.00634. The zero-order chi connectivity index (χ0) is 19.3. The van der Waals surface area contributed by atoms with E-state index in [1.54, 1.807) is 18.3 Å². The molecule has 0 aliphatic heterocycles. The number of hydrogen-bond donors (Lipinski definition) is 1. The van der Waals surface area contributed by atoms with Crippen molar-refractivity contribution in [3.05, 3.63) is 83.1 Å². The fourth-order valence-corrected chi connectivity index (χ4v) is 3.59. The second-order valence-electron chi connectivity index (χ2n) is 5.50. The maximum absolute atomic E-state index is 12.5. The Morgan fingerprint density at radius 3 is 2.67 bits per heavy atom. The Kier molecular flexibility index (Phi) is 5.60. The highest BCUT2D eigenvalue weighted by Gasteiger charge is 2.15. The van der Waals surface area contributed by atoms with E-state index in [2.05, 4.69) is 9.71 Å². The van der Waals surface area contributed by atoms with Crippen LogP contribution in [0.2, 0.25) is 5.02 Å². The molecule has 0 amide bonds. The summed E-state index contributed by atoms with van der Waals surface area (Å²) in [6.07, 6.45) is 1.67. The van der Waals surface area contributed by atoms with Crippen molar-refractivity contribution in [2.75, 3.05) is 4.72 Å². The second-order valence-corrected chi connectivity index (χ2v) is 7.59. The van der Waals surface area contributed by atoms with E-state index in [9.17, 15) is 8.42 Å². The topological polar surface area (TPSA) is 92.1 Å². The Labute approximate surface area is 162 Å². The third kappa shape index (κ3) is 4.76. The number of pyridine rings is 1. The van der Waals surface area contributed by atoms with Crippen molar-refractivity contribution in [2.24, 2.45) is 0 Å². The Hall–Kier alpha value is -3.08. The monoisotopic (exact) mass is 399 g/mol. The van der Waals surface area contributed by atoms with E-state index >= 15 is 0 Å². The number of ether oxygens (including phenoxy) is 1. The van der Waals surface area contributed by atoms with Crippen LogP contribution in [0.25, 0.3) is 0 Å². The average Bonchev–Trinajstić information content (AvgIpc) is 2.68. The summed E-state index contributed by atoms with van der Waals surface area (Å²) >= 11 is 6.19. The van der Waals surface area contributed by atoms with Gasteiger partial charge in [-0.15, -0.1) is 0 Å². The van der Waals surface area contributed by atoms with Crippen LogP contribution in [0.4, 0.5) is 5.69 Å². The van der Waals surface area contributed by atoms with Gasteiger partial charge in [-0.1, -0.05) is 23.7 Å². The van der Waals surface area contributed by atoms with Crippen LogP contribution in [-0.2, 0) is 16.6 Å². The molecular formula is C19H14ClN3O3S. The molecule has 0 atom stereocenters.